The number of benzene rings is 1. The largest absolute Gasteiger partial charge is 0.508 e. The van der Waals surface area contributed by atoms with Gasteiger partial charge in [0.25, 0.3) is 12.3 Å². The number of aliphatic hydroxyl groups is 1. The number of hydrogen-bond acceptors (Lipinski definition) is 5. The average molecular weight is 405 g/mol. The Kier molecular flexibility index (Phi) is 2.97. The molecular formula is C20H21F2N3O4. The van der Waals surface area contributed by atoms with Gasteiger partial charge in [-0.2, -0.15) is 0 Å². The molecule has 9 heteroatoms. The van der Waals surface area contributed by atoms with Gasteiger partial charge in [0.05, 0.1) is 18.2 Å². The van der Waals surface area contributed by atoms with E-state index in [4.69, 9.17) is 0 Å². The van der Waals surface area contributed by atoms with Crippen LogP contribution in [0.25, 0.3) is 0 Å². The number of carbonyl (C=O) groups is 2. The number of amides is 3. The van der Waals surface area contributed by atoms with Crippen LogP contribution in [0.3, 0.4) is 0 Å². The molecule has 2 bridgehead atoms. The van der Waals surface area contributed by atoms with Crippen molar-refractivity contribution in [2.45, 2.75) is 60.1 Å². The molecule has 3 amide bonds. The lowest BCUT2D eigenvalue weighted by Crippen LogP contribution is -2.76. The first-order valence-corrected chi connectivity index (χ1v) is 9.88. The summed E-state index contributed by atoms with van der Waals surface area (Å²) in [5.41, 5.74) is -2.07. The average Bonchev–Trinajstić information content (AvgIpc) is 3.11. The van der Waals surface area contributed by atoms with Crippen molar-refractivity contribution in [3.05, 3.63) is 29.3 Å². The zero-order valence-corrected chi connectivity index (χ0v) is 15.5. The number of rotatable bonds is 2. The number of likely N-dealkylation sites (tertiary alicyclic amines) is 1. The summed E-state index contributed by atoms with van der Waals surface area (Å²) in [5, 5.41) is 27.2. The second-order valence-electron chi connectivity index (χ2n) is 9.46. The molecule has 2 aliphatic heterocycles. The van der Waals surface area contributed by atoms with E-state index in [-0.39, 0.29) is 25.0 Å². The Labute approximate surface area is 165 Å². The van der Waals surface area contributed by atoms with Gasteiger partial charge in [-0.15, -0.1) is 0 Å². The zero-order chi connectivity index (χ0) is 20.4. The summed E-state index contributed by atoms with van der Waals surface area (Å²) in [6, 6.07) is 4.02. The summed E-state index contributed by atoms with van der Waals surface area (Å²) in [4.78, 5) is 26.2. The second kappa shape index (κ2) is 4.89. The van der Waals surface area contributed by atoms with E-state index in [0.29, 0.717) is 13.0 Å². The van der Waals surface area contributed by atoms with Gasteiger partial charge in [-0.1, -0.05) is 6.07 Å². The minimum atomic E-state index is -2.50. The van der Waals surface area contributed by atoms with E-state index in [2.05, 4.69) is 10.6 Å². The number of aromatic hydroxyl groups is 1. The molecule has 2 saturated heterocycles. The van der Waals surface area contributed by atoms with Crippen molar-refractivity contribution in [3.8, 4) is 5.75 Å². The molecule has 1 aromatic carbocycles. The van der Waals surface area contributed by atoms with Crippen LogP contribution in [0, 0.1) is 0 Å². The van der Waals surface area contributed by atoms with E-state index < -0.39 is 52.9 Å². The van der Waals surface area contributed by atoms with Crippen LogP contribution in [-0.4, -0.2) is 63.7 Å². The van der Waals surface area contributed by atoms with Gasteiger partial charge >= 0.3 is 6.03 Å². The number of phenolic OH excluding ortho intramolecular Hbond substituents is 1. The van der Waals surface area contributed by atoms with Gasteiger partial charge in [0.15, 0.2) is 0 Å². The third-order valence-corrected chi connectivity index (χ3v) is 8.25. The third kappa shape index (κ3) is 1.76. The lowest BCUT2D eigenvalue weighted by Gasteiger charge is -2.63. The van der Waals surface area contributed by atoms with Crippen LogP contribution in [-0.2, 0) is 15.6 Å². The fourth-order valence-electron chi connectivity index (χ4n) is 7.53. The monoisotopic (exact) mass is 405 g/mol. The number of fused-ring (bicyclic) bond motifs is 2. The molecular weight excluding hydrogens is 384 g/mol. The number of hydrogen-bond donors (Lipinski definition) is 4. The molecule has 4 N–H and O–H groups in total. The fourth-order valence-corrected chi connectivity index (χ4v) is 7.53. The quantitative estimate of drug-likeness (QED) is 0.544. The molecule has 2 heterocycles. The van der Waals surface area contributed by atoms with E-state index in [9.17, 15) is 28.6 Å². The first-order chi connectivity index (χ1) is 13.7. The number of nitrogens with zero attached hydrogens (tertiary/aromatic N) is 1. The molecule has 5 atom stereocenters. The summed E-state index contributed by atoms with van der Waals surface area (Å²) in [7, 11) is 0. The van der Waals surface area contributed by atoms with Crippen molar-refractivity contribution in [2.24, 2.45) is 0 Å². The first-order valence-electron chi connectivity index (χ1n) is 9.88. The number of nitrogens with one attached hydrogen (secondary N) is 2. The van der Waals surface area contributed by atoms with Gasteiger partial charge in [-0.25, -0.2) is 13.6 Å². The molecule has 2 saturated carbocycles. The van der Waals surface area contributed by atoms with Crippen molar-refractivity contribution in [2.75, 3.05) is 13.1 Å². The summed E-state index contributed by atoms with van der Waals surface area (Å²) >= 11 is 0. The Hall–Kier alpha value is -2.26. The normalized spacial score (nSPS) is 44.3. The molecule has 6 rings (SSSR count). The Morgan fingerprint density at radius 1 is 1.21 bits per heavy atom. The van der Waals surface area contributed by atoms with Gasteiger partial charge in [0, 0.05) is 17.4 Å². The number of carbonyl (C=O) groups excluding carboxylic acids is 2. The molecule has 0 unspecified atom stereocenters. The van der Waals surface area contributed by atoms with Crippen LogP contribution in [0.5, 0.6) is 5.75 Å². The maximum atomic E-state index is 13.2. The number of halogens is 2. The molecule has 29 heavy (non-hydrogen) atoms. The Morgan fingerprint density at radius 3 is 2.69 bits per heavy atom. The number of urea groups is 1. The van der Waals surface area contributed by atoms with E-state index in [1.807, 2.05) is 6.07 Å². The zero-order valence-electron chi connectivity index (χ0n) is 15.5. The van der Waals surface area contributed by atoms with Crippen molar-refractivity contribution < 1.29 is 28.6 Å². The second-order valence-corrected chi connectivity index (χ2v) is 9.46. The van der Waals surface area contributed by atoms with Crippen molar-refractivity contribution in [1.82, 2.24) is 15.5 Å². The molecule has 154 valence electrons. The van der Waals surface area contributed by atoms with Crippen LogP contribution in [0.2, 0.25) is 0 Å². The highest BCUT2D eigenvalue weighted by Gasteiger charge is 2.82. The van der Waals surface area contributed by atoms with E-state index in [0.717, 1.165) is 11.1 Å². The summed E-state index contributed by atoms with van der Waals surface area (Å²) in [6.07, 6.45) is -1.34. The highest BCUT2D eigenvalue weighted by Crippen LogP contribution is 2.74. The van der Waals surface area contributed by atoms with Crippen molar-refractivity contribution >= 4 is 11.9 Å². The van der Waals surface area contributed by atoms with Crippen molar-refractivity contribution in [1.29, 1.82) is 0 Å². The van der Waals surface area contributed by atoms with Crippen LogP contribution in [0.1, 0.15) is 36.8 Å². The summed E-state index contributed by atoms with van der Waals surface area (Å²) in [5.74, 6) is -0.352. The molecule has 7 nitrogen and oxygen atoms in total. The Morgan fingerprint density at radius 2 is 2.00 bits per heavy atom. The molecule has 1 aromatic rings. The minimum Gasteiger partial charge on any atom is -0.508 e. The predicted molar refractivity (Wildman–Crippen MR) is 95.7 cm³/mol. The minimum absolute atomic E-state index is 0.0595. The summed E-state index contributed by atoms with van der Waals surface area (Å²) < 4.78 is 26.4. The highest BCUT2D eigenvalue weighted by molar-refractivity contribution is 6.07. The highest BCUT2D eigenvalue weighted by atomic mass is 19.3. The Bertz CT molecular complexity index is 988. The van der Waals surface area contributed by atoms with Gasteiger partial charge in [0.1, 0.15) is 11.3 Å². The van der Waals surface area contributed by atoms with Crippen LogP contribution in [0.4, 0.5) is 13.6 Å². The lowest BCUT2D eigenvalue weighted by atomic mass is 9.52. The van der Waals surface area contributed by atoms with Crippen LogP contribution >= 0.6 is 0 Å². The number of alkyl halides is 2. The van der Waals surface area contributed by atoms with Gasteiger partial charge in [-0.3, -0.25) is 15.0 Å². The van der Waals surface area contributed by atoms with Gasteiger partial charge < -0.3 is 15.5 Å². The lowest BCUT2D eigenvalue weighted by molar-refractivity contribution is -0.165. The topological polar surface area (TPSA) is 102 Å². The SMILES string of the molecule is O=C1NC(=O)[C@@]2(CC[C@@]3(O)[C@@H]4N(CC(F)F)C[C@]45C[C@@]3(C2)c2cc(O)ccc25)N1. The molecule has 4 fully saturated rings. The molecule has 0 aromatic heterocycles. The third-order valence-electron chi connectivity index (χ3n) is 8.25. The molecule has 3 spiro atoms. The summed E-state index contributed by atoms with van der Waals surface area (Å²) in [6.45, 7) is 0.00991. The smallest absolute Gasteiger partial charge is 0.322 e. The van der Waals surface area contributed by atoms with E-state index >= 15 is 0 Å². The van der Waals surface area contributed by atoms with Crippen molar-refractivity contribution in [3.63, 3.8) is 0 Å². The van der Waals surface area contributed by atoms with Crippen LogP contribution < -0.4 is 10.6 Å². The van der Waals surface area contributed by atoms with E-state index in [1.54, 1.807) is 17.0 Å². The van der Waals surface area contributed by atoms with Crippen LogP contribution in [0.15, 0.2) is 18.2 Å². The fraction of sp³-hybridized carbons (Fsp3) is 0.600. The Balaban J connectivity index is 1.53. The molecule has 3 aliphatic carbocycles. The van der Waals surface area contributed by atoms with E-state index in [1.165, 1.54) is 0 Å². The molecule has 5 aliphatic rings. The number of imide groups is 1. The molecule has 0 radical (unpaired) electrons. The van der Waals surface area contributed by atoms with Gasteiger partial charge in [0.2, 0.25) is 0 Å². The standard InChI is InChI=1S/C20H21F2N3O4/c21-13(22)6-25-9-17-7-18(12-5-10(26)1-2-11(12)17)8-19(15(27)23-16(28)24-19)3-4-20(18,29)14(17)25/h1-2,5,13-14,26,29H,3-4,6-9H2,(H2,23,24,27,28)/t14-,17+,18-,19+,20-/m1/s1. The maximum absolute atomic E-state index is 13.2. The predicted octanol–water partition coefficient (Wildman–Crippen LogP) is 0.728. The first kappa shape index (κ1) is 17.6. The van der Waals surface area contributed by atoms with Gasteiger partial charge in [-0.05, 0) is 48.9 Å². The maximum Gasteiger partial charge on any atom is 0.322 e. The number of phenols is 1.